The Morgan fingerprint density at radius 1 is 1.10 bits per heavy atom. The Hall–Kier alpha value is -3.14. The summed E-state index contributed by atoms with van der Waals surface area (Å²) in [7, 11) is 0. The first-order valence-electron chi connectivity index (χ1n) is 9.13. The minimum absolute atomic E-state index is 0.206. The van der Waals surface area contributed by atoms with Gasteiger partial charge in [-0.2, -0.15) is 18.3 Å². The molecule has 10 heteroatoms. The van der Waals surface area contributed by atoms with Crippen molar-refractivity contribution in [3.8, 4) is 5.69 Å². The number of aromatic nitrogens is 2. The lowest BCUT2D eigenvalue weighted by atomic mass is 10.1. The fraction of sp³-hybridized carbons (Fsp3) is 0.190. The van der Waals surface area contributed by atoms with E-state index in [2.05, 4.69) is 31.7 Å². The fourth-order valence-corrected chi connectivity index (χ4v) is 3.20. The molecule has 0 bridgehead atoms. The van der Waals surface area contributed by atoms with Gasteiger partial charge >= 0.3 is 6.18 Å². The monoisotopic (exact) mass is 494 g/mol. The second-order valence-electron chi connectivity index (χ2n) is 6.80. The number of alkyl halides is 3. The van der Waals surface area contributed by atoms with Crippen molar-refractivity contribution in [3.63, 3.8) is 0 Å². The normalized spacial score (nSPS) is 11.3. The Kier molecular flexibility index (Phi) is 6.49. The smallest absolute Gasteiger partial charge is 0.343 e. The maximum Gasteiger partial charge on any atom is 0.434 e. The van der Waals surface area contributed by atoms with Crippen molar-refractivity contribution in [2.45, 2.75) is 20.0 Å². The molecular weight excluding hydrogens is 477 g/mol. The van der Waals surface area contributed by atoms with Crippen LogP contribution in [0.15, 0.2) is 53.1 Å². The maximum absolute atomic E-state index is 13.8. The molecule has 0 aliphatic carbocycles. The van der Waals surface area contributed by atoms with Gasteiger partial charge in [-0.1, -0.05) is 34.1 Å². The number of halogens is 4. The highest BCUT2D eigenvalue weighted by molar-refractivity contribution is 9.10. The topological polar surface area (TPSA) is 76.0 Å². The summed E-state index contributed by atoms with van der Waals surface area (Å²) in [5, 5.41) is 8.58. The molecular formula is C21H18BrF3N4O2. The molecule has 2 aromatic carbocycles. The first-order chi connectivity index (χ1) is 14.6. The van der Waals surface area contributed by atoms with Gasteiger partial charge in [0.05, 0.1) is 24.0 Å². The van der Waals surface area contributed by atoms with E-state index < -0.39 is 35.8 Å². The van der Waals surface area contributed by atoms with E-state index in [0.717, 1.165) is 16.2 Å². The lowest BCUT2D eigenvalue weighted by molar-refractivity contribution is -0.143. The van der Waals surface area contributed by atoms with Gasteiger partial charge in [0, 0.05) is 10.2 Å². The van der Waals surface area contributed by atoms with Crippen molar-refractivity contribution in [2.75, 3.05) is 11.9 Å². The van der Waals surface area contributed by atoms with Crippen molar-refractivity contribution in [1.29, 1.82) is 0 Å². The number of para-hydroxylation sites is 1. The number of benzene rings is 2. The Morgan fingerprint density at radius 2 is 1.81 bits per heavy atom. The van der Waals surface area contributed by atoms with Gasteiger partial charge in [0.15, 0.2) is 5.69 Å². The van der Waals surface area contributed by atoms with E-state index in [9.17, 15) is 22.8 Å². The second kappa shape index (κ2) is 8.93. The average Bonchev–Trinajstić information content (AvgIpc) is 3.15. The molecule has 0 fully saturated rings. The third-order valence-electron chi connectivity index (χ3n) is 4.48. The summed E-state index contributed by atoms with van der Waals surface area (Å²) >= 11 is 3.35. The largest absolute Gasteiger partial charge is 0.434 e. The number of aryl methyl sites for hydroxylation is 2. The number of anilines is 1. The molecule has 31 heavy (non-hydrogen) atoms. The Bertz CT molecular complexity index is 1140. The van der Waals surface area contributed by atoms with E-state index in [-0.39, 0.29) is 5.69 Å². The number of hydrogen-bond acceptors (Lipinski definition) is 3. The zero-order chi connectivity index (χ0) is 22.8. The quantitative estimate of drug-likeness (QED) is 0.542. The minimum Gasteiger partial charge on any atom is -0.343 e. The number of nitrogens with one attached hydrogen (secondary N) is 2. The number of carbonyl (C=O) groups excluding carboxylic acids is 2. The highest BCUT2D eigenvalue weighted by Crippen LogP contribution is 2.34. The molecule has 3 rings (SSSR count). The summed E-state index contributed by atoms with van der Waals surface area (Å²) in [6, 6.07) is 11.5. The van der Waals surface area contributed by atoms with Gasteiger partial charge in [-0.25, -0.2) is 4.68 Å². The van der Waals surface area contributed by atoms with Crippen molar-refractivity contribution >= 4 is 33.4 Å². The summed E-state index contributed by atoms with van der Waals surface area (Å²) in [4.78, 5) is 24.6. The minimum atomic E-state index is -4.83. The van der Waals surface area contributed by atoms with Crippen molar-refractivity contribution in [1.82, 2.24) is 15.1 Å². The average molecular weight is 495 g/mol. The molecule has 0 unspecified atom stereocenters. The van der Waals surface area contributed by atoms with Crippen molar-refractivity contribution < 1.29 is 22.8 Å². The molecule has 0 aliphatic heterocycles. The van der Waals surface area contributed by atoms with Crippen LogP contribution in [0.2, 0.25) is 0 Å². The van der Waals surface area contributed by atoms with E-state index in [4.69, 9.17) is 0 Å². The standard InChI is InChI=1S/C21H18BrF3N4O2/c1-12-5-3-4-6-17(12)29-19(21(23,24)25)15(10-27-29)20(31)26-11-18(30)28-14-7-8-16(22)13(2)9-14/h3-10H,11H2,1-2H3,(H,26,31)(H,28,30). The highest BCUT2D eigenvalue weighted by Gasteiger charge is 2.40. The number of rotatable bonds is 5. The van der Waals surface area contributed by atoms with E-state index in [1.807, 2.05) is 6.92 Å². The van der Waals surface area contributed by atoms with Crippen molar-refractivity contribution in [3.05, 3.63) is 75.5 Å². The Morgan fingerprint density at radius 3 is 2.45 bits per heavy atom. The molecule has 0 atom stereocenters. The molecule has 0 radical (unpaired) electrons. The molecule has 0 spiro atoms. The molecule has 2 amide bonds. The maximum atomic E-state index is 13.8. The van der Waals surface area contributed by atoms with Gasteiger partial charge in [0.2, 0.25) is 5.91 Å². The lowest BCUT2D eigenvalue weighted by Crippen LogP contribution is -2.34. The summed E-state index contributed by atoms with van der Waals surface area (Å²) < 4.78 is 42.8. The van der Waals surface area contributed by atoms with Gasteiger partial charge in [-0.15, -0.1) is 0 Å². The van der Waals surface area contributed by atoms with Gasteiger partial charge in [-0.3, -0.25) is 9.59 Å². The molecule has 162 valence electrons. The second-order valence-corrected chi connectivity index (χ2v) is 7.65. The van der Waals surface area contributed by atoms with E-state index in [1.165, 1.54) is 6.07 Å². The van der Waals surface area contributed by atoms with Gasteiger partial charge in [-0.05, 0) is 49.2 Å². The molecule has 3 aromatic rings. The fourth-order valence-electron chi connectivity index (χ4n) is 2.95. The van der Waals surface area contributed by atoms with Crippen LogP contribution in [0.5, 0.6) is 0 Å². The zero-order valence-electron chi connectivity index (χ0n) is 16.5. The van der Waals surface area contributed by atoms with Crippen LogP contribution in [-0.4, -0.2) is 28.1 Å². The van der Waals surface area contributed by atoms with Gasteiger partial charge in [0.25, 0.3) is 5.91 Å². The third kappa shape index (κ3) is 5.13. The van der Waals surface area contributed by atoms with Gasteiger partial charge in [0.1, 0.15) is 0 Å². The van der Waals surface area contributed by atoms with Crippen LogP contribution in [0.1, 0.15) is 27.2 Å². The molecule has 1 aromatic heterocycles. The third-order valence-corrected chi connectivity index (χ3v) is 5.37. The van der Waals surface area contributed by atoms with Crippen LogP contribution in [0.25, 0.3) is 5.69 Å². The molecule has 1 heterocycles. The van der Waals surface area contributed by atoms with Crippen LogP contribution < -0.4 is 10.6 Å². The molecule has 0 saturated heterocycles. The molecule has 0 aliphatic rings. The van der Waals surface area contributed by atoms with Crippen LogP contribution in [0.4, 0.5) is 18.9 Å². The van der Waals surface area contributed by atoms with Crippen LogP contribution in [0, 0.1) is 13.8 Å². The summed E-state index contributed by atoms with van der Waals surface area (Å²) in [5.74, 6) is -1.62. The number of nitrogens with zero attached hydrogens (tertiary/aromatic N) is 2. The lowest BCUT2D eigenvalue weighted by Gasteiger charge is -2.14. The summed E-state index contributed by atoms with van der Waals surface area (Å²) in [6.45, 7) is 2.98. The Balaban J connectivity index is 1.78. The molecule has 0 saturated carbocycles. The van der Waals surface area contributed by atoms with Gasteiger partial charge < -0.3 is 10.6 Å². The molecule has 2 N–H and O–H groups in total. The zero-order valence-corrected chi connectivity index (χ0v) is 18.1. The highest BCUT2D eigenvalue weighted by atomic mass is 79.9. The first-order valence-corrected chi connectivity index (χ1v) is 9.92. The van der Waals surface area contributed by atoms with Crippen LogP contribution in [0.3, 0.4) is 0 Å². The number of amides is 2. The predicted molar refractivity (Wildman–Crippen MR) is 113 cm³/mol. The number of carbonyl (C=O) groups is 2. The van der Waals surface area contributed by atoms with Crippen LogP contribution >= 0.6 is 15.9 Å². The van der Waals surface area contributed by atoms with E-state index in [0.29, 0.717) is 15.9 Å². The van der Waals surface area contributed by atoms with Crippen molar-refractivity contribution in [2.24, 2.45) is 0 Å². The van der Waals surface area contributed by atoms with Crippen LogP contribution in [-0.2, 0) is 11.0 Å². The number of hydrogen-bond donors (Lipinski definition) is 2. The summed E-state index contributed by atoms with van der Waals surface area (Å²) in [5.41, 5.74) is 0.291. The molecule has 6 nitrogen and oxygen atoms in total. The van der Waals surface area contributed by atoms with E-state index in [1.54, 1.807) is 43.3 Å². The first kappa shape index (κ1) is 22.5. The SMILES string of the molecule is Cc1cc(NC(=O)CNC(=O)c2cnn(-c3ccccc3C)c2C(F)(F)F)ccc1Br. The predicted octanol–water partition coefficient (Wildman–Crippen LogP) is 4.64. The Labute approximate surface area is 184 Å². The van der Waals surface area contributed by atoms with E-state index >= 15 is 0 Å². The summed E-state index contributed by atoms with van der Waals surface area (Å²) in [6.07, 6.45) is -3.98.